The van der Waals surface area contributed by atoms with Gasteiger partial charge in [-0.05, 0) is 32.0 Å². The van der Waals surface area contributed by atoms with Gasteiger partial charge in [0.2, 0.25) is 5.78 Å². The van der Waals surface area contributed by atoms with Crippen LogP contribution in [0.15, 0.2) is 48.5 Å². The van der Waals surface area contributed by atoms with Crippen molar-refractivity contribution in [3.05, 3.63) is 59.8 Å². The molecule has 30 heavy (non-hydrogen) atoms. The van der Waals surface area contributed by atoms with Gasteiger partial charge < -0.3 is 19.4 Å². The number of anilines is 1. The number of nitrogens with one attached hydrogen (secondary N) is 1. The molecule has 0 unspecified atom stereocenters. The third-order valence-corrected chi connectivity index (χ3v) is 5.17. The van der Waals surface area contributed by atoms with E-state index < -0.39 is 12.1 Å². The van der Waals surface area contributed by atoms with E-state index in [0.29, 0.717) is 17.0 Å². The van der Waals surface area contributed by atoms with Gasteiger partial charge in [-0.25, -0.2) is 0 Å². The van der Waals surface area contributed by atoms with Crippen LogP contribution in [0.25, 0.3) is 10.9 Å². The van der Waals surface area contributed by atoms with Crippen LogP contribution in [0.4, 0.5) is 5.69 Å². The van der Waals surface area contributed by atoms with Crippen LogP contribution in [0.1, 0.15) is 29.4 Å². The number of ketones is 1. The Bertz CT molecular complexity index is 1130. The van der Waals surface area contributed by atoms with Gasteiger partial charge in [0.25, 0.3) is 5.91 Å². The first-order valence-electron chi connectivity index (χ1n) is 9.79. The quantitative estimate of drug-likeness (QED) is 0.501. The van der Waals surface area contributed by atoms with Crippen molar-refractivity contribution < 1.29 is 23.9 Å². The minimum atomic E-state index is -0.928. The number of nitrogens with zero attached hydrogens (tertiary/aromatic N) is 1. The van der Waals surface area contributed by atoms with Crippen molar-refractivity contribution in [2.24, 2.45) is 0 Å². The lowest BCUT2D eigenvalue weighted by Crippen LogP contribution is -2.40. The zero-order valence-electron chi connectivity index (χ0n) is 16.8. The number of esters is 1. The number of H-pyrrole nitrogens is 1. The van der Waals surface area contributed by atoms with E-state index in [9.17, 15) is 14.4 Å². The number of Topliss-reactive ketones (excluding diaryl/α,β-unsaturated/α-hetero) is 1. The Balaban J connectivity index is 1.41. The molecule has 7 heteroatoms. The third kappa shape index (κ3) is 3.66. The fraction of sp³-hybridized carbons (Fsp3) is 0.261. The van der Waals surface area contributed by atoms with Crippen molar-refractivity contribution in [2.75, 3.05) is 18.1 Å². The number of carbonyl (C=O) groups is 3. The van der Waals surface area contributed by atoms with Gasteiger partial charge in [-0.3, -0.25) is 14.4 Å². The maximum Gasteiger partial charge on any atom is 0.308 e. The smallest absolute Gasteiger partial charge is 0.308 e. The van der Waals surface area contributed by atoms with Gasteiger partial charge in [0.15, 0.2) is 12.7 Å². The molecule has 1 aliphatic rings. The van der Waals surface area contributed by atoms with Crippen LogP contribution in [0.2, 0.25) is 0 Å². The normalized spacial score (nSPS) is 14.2. The van der Waals surface area contributed by atoms with Crippen molar-refractivity contribution in [3.63, 3.8) is 0 Å². The average molecular weight is 406 g/mol. The summed E-state index contributed by atoms with van der Waals surface area (Å²) in [5, 5.41) is 0.804. The lowest BCUT2D eigenvalue weighted by molar-refractivity contribution is -0.146. The van der Waals surface area contributed by atoms with Gasteiger partial charge in [-0.2, -0.15) is 0 Å². The molecule has 2 heterocycles. The van der Waals surface area contributed by atoms with Crippen molar-refractivity contribution in [2.45, 2.75) is 26.4 Å². The van der Waals surface area contributed by atoms with Gasteiger partial charge in [-0.1, -0.05) is 30.3 Å². The van der Waals surface area contributed by atoms with Crippen LogP contribution >= 0.6 is 0 Å². The van der Waals surface area contributed by atoms with Gasteiger partial charge in [0.1, 0.15) is 5.75 Å². The van der Waals surface area contributed by atoms with E-state index >= 15 is 0 Å². The molecule has 1 aliphatic heterocycles. The van der Waals surface area contributed by atoms with Crippen LogP contribution in [0.3, 0.4) is 0 Å². The van der Waals surface area contributed by atoms with Crippen LogP contribution in [0, 0.1) is 6.92 Å². The number of aromatic nitrogens is 1. The van der Waals surface area contributed by atoms with Crippen LogP contribution in [-0.2, 0) is 14.3 Å². The highest BCUT2D eigenvalue weighted by atomic mass is 16.5. The summed E-state index contributed by atoms with van der Waals surface area (Å²) in [6.45, 7) is 3.48. The van der Waals surface area contributed by atoms with Crippen molar-refractivity contribution in [1.82, 2.24) is 4.98 Å². The van der Waals surface area contributed by atoms with Gasteiger partial charge in [0.05, 0.1) is 12.1 Å². The SMILES string of the molecule is Cc1[nH]c2ccccc2c1C(=O)[C@@H](C)OC(=O)CCN1C(=O)COc2ccccc21. The first-order chi connectivity index (χ1) is 14.5. The number of para-hydroxylation sites is 3. The van der Waals surface area contributed by atoms with Gasteiger partial charge >= 0.3 is 5.97 Å². The van der Waals surface area contributed by atoms with E-state index in [-0.39, 0.29) is 31.3 Å². The highest BCUT2D eigenvalue weighted by Gasteiger charge is 2.27. The molecule has 154 valence electrons. The predicted molar refractivity (Wildman–Crippen MR) is 112 cm³/mol. The minimum absolute atomic E-state index is 0.0233. The molecular weight excluding hydrogens is 384 g/mol. The highest BCUT2D eigenvalue weighted by molar-refractivity contribution is 6.11. The molecule has 0 spiro atoms. The lowest BCUT2D eigenvalue weighted by Gasteiger charge is -2.29. The Morgan fingerprint density at radius 2 is 1.90 bits per heavy atom. The number of aryl methyl sites for hydroxylation is 1. The summed E-state index contributed by atoms with van der Waals surface area (Å²) in [6.07, 6.45) is -0.951. The summed E-state index contributed by atoms with van der Waals surface area (Å²) in [5.74, 6) is -0.417. The highest BCUT2D eigenvalue weighted by Crippen LogP contribution is 2.31. The molecule has 0 saturated carbocycles. The number of amides is 1. The summed E-state index contributed by atoms with van der Waals surface area (Å²) < 4.78 is 10.8. The van der Waals surface area contributed by atoms with Gasteiger partial charge in [0, 0.05) is 28.7 Å². The number of ether oxygens (including phenoxy) is 2. The number of fused-ring (bicyclic) bond motifs is 2. The zero-order chi connectivity index (χ0) is 21.3. The second-order valence-electron chi connectivity index (χ2n) is 7.22. The molecular formula is C23H22N2O5. The van der Waals surface area contributed by atoms with E-state index in [1.807, 2.05) is 37.3 Å². The van der Waals surface area contributed by atoms with E-state index in [2.05, 4.69) is 4.98 Å². The molecule has 7 nitrogen and oxygen atoms in total. The fourth-order valence-electron chi connectivity index (χ4n) is 3.71. The third-order valence-electron chi connectivity index (χ3n) is 5.17. The lowest BCUT2D eigenvalue weighted by atomic mass is 10.0. The van der Waals surface area contributed by atoms with E-state index in [1.165, 1.54) is 4.90 Å². The summed E-state index contributed by atoms with van der Waals surface area (Å²) in [5.41, 5.74) is 2.75. The molecule has 0 bridgehead atoms. The Labute approximate surface area is 173 Å². The largest absolute Gasteiger partial charge is 0.482 e. The summed E-state index contributed by atoms with van der Waals surface area (Å²) in [7, 11) is 0. The second kappa shape index (κ2) is 8.02. The molecule has 2 aromatic carbocycles. The number of carbonyl (C=O) groups excluding carboxylic acids is 3. The Kier molecular flexibility index (Phi) is 5.27. The number of benzene rings is 2. The van der Waals surface area contributed by atoms with Crippen molar-refractivity contribution in [1.29, 1.82) is 0 Å². The van der Waals surface area contributed by atoms with Crippen molar-refractivity contribution in [3.8, 4) is 5.75 Å². The van der Waals surface area contributed by atoms with Crippen LogP contribution in [-0.4, -0.2) is 41.9 Å². The molecule has 0 fully saturated rings. The van der Waals surface area contributed by atoms with Gasteiger partial charge in [-0.15, -0.1) is 0 Å². The summed E-state index contributed by atoms with van der Waals surface area (Å²) in [4.78, 5) is 42.2. The number of aromatic amines is 1. The molecule has 4 rings (SSSR count). The Hall–Kier alpha value is -3.61. The molecule has 1 atom stereocenters. The molecule has 1 amide bonds. The molecule has 0 aliphatic carbocycles. The topological polar surface area (TPSA) is 88.7 Å². The van der Waals surface area contributed by atoms with E-state index in [0.717, 1.165) is 16.6 Å². The first kappa shape index (κ1) is 19.7. The molecule has 3 aromatic rings. The molecule has 1 N–H and O–H groups in total. The van der Waals surface area contributed by atoms with Crippen LogP contribution < -0.4 is 9.64 Å². The predicted octanol–water partition coefficient (Wildman–Crippen LogP) is 3.41. The number of hydrogen-bond donors (Lipinski definition) is 1. The first-order valence-corrected chi connectivity index (χ1v) is 9.79. The maximum atomic E-state index is 12.9. The number of rotatable bonds is 6. The van der Waals surface area contributed by atoms with E-state index in [4.69, 9.17) is 9.47 Å². The molecule has 1 aromatic heterocycles. The summed E-state index contributed by atoms with van der Waals surface area (Å²) >= 11 is 0. The Morgan fingerprint density at radius 3 is 2.73 bits per heavy atom. The Morgan fingerprint density at radius 1 is 1.17 bits per heavy atom. The maximum absolute atomic E-state index is 12.9. The van der Waals surface area contributed by atoms with Crippen LogP contribution in [0.5, 0.6) is 5.75 Å². The summed E-state index contributed by atoms with van der Waals surface area (Å²) in [6, 6.07) is 14.7. The fourth-order valence-corrected chi connectivity index (χ4v) is 3.71. The molecule has 0 saturated heterocycles. The molecule has 0 radical (unpaired) electrons. The monoisotopic (exact) mass is 406 g/mol. The minimum Gasteiger partial charge on any atom is -0.482 e. The average Bonchev–Trinajstić information content (AvgIpc) is 3.08. The standard InChI is InChI=1S/C23H22N2O5/c1-14-22(16-7-3-4-8-17(16)24-14)23(28)15(2)30-21(27)11-12-25-18-9-5-6-10-19(18)29-13-20(25)26/h3-10,15,24H,11-13H2,1-2H3/t15-/m1/s1. The zero-order valence-corrected chi connectivity index (χ0v) is 16.8. The van der Waals surface area contributed by atoms with E-state index in [1.54, 1.807) is 25.1 Å². The second-order valence-corrected chi connectivity index (χ2v) is 7.22. The number of hydrogen-bond acceptors (Lipinski definition) is 5. The van der Waals surface area contributed by atoms with Crippen molar-refractivity contribution >= 4 is 34.3 Å².